The summed E-state index contributed by atoms with van der Waals surface area (Å²) in [6.07, 6.45) is 0. The summed E-state index contributed by atoms with van der Waals surface area (Å²) in [5, 5.41) is 14.3. The molecular formula is C12H10ClN2O-. The average molecular weight is 234 g/mol. The molecule has 2 aromatic carbocycles. The molecule has 2 aromatic rings. The van der Waals surface area contributed by atoms with Crippen LogP contribution in [-0.4, -0.2) is 0 Å². The van der Waals surface area contributed by atoms with Crippen molar-refractivity contribution in [1.29, 1.82) is 0 Å². The van der Waals surface area contributed by atoms with Crippen molar-refractivity contribution in [2.75, 3.05) is 10.8 Å². The van der Waals surface area contributed by atoms with Crippen LogP contribution in [0.25, 0.3) is 0 Å². The Balaban J connectivity index is 2.31. The third-order valence-corrected chi connectivity index (χ3v) is 2.48. The van der Waals surface area contributed by atoms with E-state index in [9.17, 15) is 5.21 Å². The molecule has 2 N–H and O–H groups in total. The first-order chi connectivity index (χ1) is 7.81. The summed E-state index contributed by atoms with van der Waals surface area (Å²) in [7, 11) is 0. The Morgan fingerprint density at radius 3 is 2.38 bits per heavy atom. The molecule has 4 heteroatoms. The van der Waals surface area contributed by atoms with Crippen molar-refractivity contribution < 1.29 is 0 Å². The number of anilines is 3. The van der Waals surface area contributed by atoms with Crippen molar-refractivity contribution in [3.63, 3.8) is 0 Å². The summed E-state index contributed by atoms with van der Waals surface area (Å²) in [5.41, 5.74) is 3.76. The molecule has 0 fully saturated rings. The van der Waals surface area contributed by atoms with Crippen molar-refractivity contribution in [3.8, 4) is 0 Å². The molecule has 2 rings (SSSR count). The lowest BCUT2D eigenvalue weighted by atomic mass is 10.2. The highest BCUT2D eigenvalue weighted by Crippen LogP contribution is 2.31. The van der Waals surface area contributed by atoms with E-state index < -0.39 is 0 Å². The second kappa shape index (κ2) is 4.88. The van der Waals surface area contributed by atoms with Crippen molar-refractivity contribution in [2.24, 2.45) is 0 Å². The Labute approximate surface area is 98.6 Å². The van der Waals surface area contributed by atoms with Gasteiger partial charge in [-0.25, -0.2) is 0 Å². The molecule has 0 unspecified atom stereocenters. The molecule has 0 amide bonds. The number of para-hydroxylation sites is 2. The molecule has 0 spiro atoms. The Hall–Kier alpha value is -1.71. The van der Waals surface area contributed by atoms with Gasteiger partial charge in [0.15, 0.2) is 0 Å². The molecule has 3 nitrogen and oxygen atoms in total. The number of rotatable bonds is 3. The minimum atomic E-state index is 0.355. The van der Waals surface area contributed by atoms with Crippen LogP contribution < -0.4 is 10.8 Å². The smallest absolute Gasteiger partial charge is 0.0662 e. The molecule has 0 aliphatic heterocycles. The molecule has 82 valence electrons. The van der Waals surface area contributed by atoms with Gasteiger partial charge >= 0.3 is 0 Å². The largest absolute Gasteiger partial charge is 0.761 e. The Morgan fingerprint density at radius 2 is 1.69 bits per heavy atom. The van der Waals surface area contributed by atoms with Crippen LogP contribution in [0.15, 0.2) is 48.5 Å². The standard InChI is InChI=1S/C12H10ClN2O/c13-10-7-4-8-11(12(10)15-16)14-9-5-2-1-3-6-9/h1-8,14-15H/q-1. The van der Waals surface area contributed by atoms with E-state index >= 15 is 0 Å². The first-order valence-corrected chi connectivity index (χ1v) is 5.18. The maximum absolute atomic E-state index is 10.8. The van der Waals surface area contributed by atoms with Gasteiger partial charge in [-0.2, -0.15) is 0 Å². The molecule has 0 atom stereocenters. The van der Waals surface area contributed by atoms with Crippen molar-refractivity contribution in [2.45, 2.75) is 0 Å². The van der Waals surface area contributed by atoms with E-state index in [4.69, 9.17) is 11.6 Å². The molecular weight excluding hydrogens is 224 g/mol. The zero-order chi connectivity index (χ0) is 11.4. The fourth-order valence-electron chi connectivity index (χ4n) is 1.41. The number of hydrogen-bond acceptors (Lipinski definition) is 3. The fourth-order valence-corrected chi connectivity index (χ4v) is 1.62. The topological polar surface area (TPSA) is 47.1 Å². The van der Waals surface area contributed by atoms with E-state index in [0.717, 1.165) is 5.69 Å². The Morgan fingerprint density at radius 1 is 0.938 bits per heavy atom. The molecule has 0 saturated carbocycles. The van der Waals surface area contributed by atoms with Gasteiger partial charge in [0.25, 0.3) is 0 Å². The zero-order valence-electron chi connectivity index (χ0n) is 8.41. The van der Waals surface area contributed by atoms with Gasteiger partial charge in [-0.05, 0) is 24.3 Å². The highest BCUT2D eigenvalue weighted by Gasteiger charge is 2.03. The first-order valence-electron chi connectivity index (χ1n) is 4.80. The fraction of sp³-hybridized carbons (Fsp3) is 0. The van der Waals surface area contributed by atoms with E-state index in [2.05, 4.69) is 5.32 Å². The number of hydrogen-bond donors (Lipinski definition) is 2. The number of halogens is 1. The third-order valence-electron chi connectivity index (χ3n) is 2.17. The summed E-state index contributed by atoms with van der Waals surface area (Å²) in [6.45, 7) is 0. The molecule has 16 heavy (non-hydrogen) atoms. The normalized spacial score (nSPS) is 9.88. The quantitative estimate of drug-likeness (QED) is 0.788. The minimum Gasteiger partial charge on any atom is -0.761 e. The second-order valence-electron chi connectivity index (χ2n) is 3.26. The Kier molecular flexibility index (Phi) is 3.29. The monoisotopic (exact) mass is 233 g/mol. The van der Waals surface area contributed by atoms with Gasteiger partial charge in [-0.1, -0.05) is 35.9 Å². The lowest BCUT2D eigenvalue weighted by molar-refractivity contribution is 1.52. The van der Waals surface area contributed by atoms with Crippen LogP contribution >= 0.6 is 11.6 Å². The number of nitrogens with one attached hydrogen (secondary N) is 2. The SMILES string of the molecule is [O-]Nc1c(Cl)cccc1Nc1ccccc1. The Bertz CT molecular complexity index is 474. The van der Waals surface area contributed by atoms with Gasteiger partial charge in [-0.3, -0.25) is 0 Å². The van der Waals surface area contributed by atoms with Crippen LogP contribution in [0.3, 0.4) is 0 Å². The van der Waals surface area contributed by atoms with Crippen LogP contribution in [0.5, 0.6) is 0 Å². The van der Waals surface area contributed by atoms with Crippen LogP contribution in [0, 0.1) is 5.21 Å². The molecule has 0 saturated heterocycles. The predicted octanol–water partition coefficient (Wildman–Crippen LogP) is 3.99. The third kappa shape index (κ3) is 2.27. The van der Waals surface area contributed by atoms with E-state index in [-0.39, 0.29) is 0 Å². The lowest BCUT2D eigenvalue weighted by Crippen LogP contribution is -1.96. The lowest BCUT2D eigenvalue weighted by Gasteiger charge is -2.17. The van der Waals surface area contributed by atoms with Crippen LogP contribution in [0.2, 0.25) is 5.02 Å². The summed E-state index contributed by atoms with van der Waals surface area (Å²) < 4.78 is 0. The summed E-state index contributed by atoms with van der Waals surface area (Å²) in [4.78, 5) is 0. The van der Waals surface area contributed by atoms with Gasteiger partial charge in [0.1, 0.15) is 0 Å². The highest BCUT2D eigenvalue weighted by atomic mass is 35.5. The zero-order valence-corrected chi connectivity index (χ0v) is 9.16. The van der Waals surface area contributed by atoms with E-state index in [0.29, 0.717) is 16.4 Å². The molecule has 0 aliphatic carbocycles. The van der Waals surface area contributed by atoms with Gasteiger partial charge in [0.2, 0.25) is 0 Å². The first kappa shape index (κ1) is 10.8. The van der Waals surface area contributed by atoms with E-state index in [1.54, 1.807) is 18.2 Å². The minimum absolute atomic E-state index is 0.355. The molecule has 0 heterocycles. The molecule has 0 aromatic heterocycles. The van der Waals surface area contributed by atoms with Crippen molar-refractivity contribution in [3.05, 3.63) is 58.8 Å². The predicted molar refractivity (Wildman–Crippen MR) is 68.2 cm³/mol. The summed E-state index contributed by atoms with van der Waals surface area (Å²) in [6, 6.07) is 14.8. The van der Waals surface area contributed by atoms with Gasteiger partial charge < -0.3 is 16.0 Å². The second-order valence-corrected chi connectivity index (χ2v) is 3.66. The van der Waals surface area contributed by atoms with Gasteiger partial charge in [0, 0.05) is 5.69 Å². The summed E-state index contributed by atoms with van der Waals surface area (Å²) in [5.74, 6) is 0. The van der Waals surface area contributed by atoms with Crippen LogP contribution in [0.4, 0.5) is 17.1 Å². The summed E-state index contributed by atoms with van der Waals surface area (Å²) >= 11 is 5.89. The maximum Gasteiger partial charge on any atom is 0.0662 e. The number of benzene rings is 2. The molecule has 0 aliphatic rings. The van der Waals surface area contributed by atoms with E-state index in [1.807, 2.05) is 35.8 Å². The average Bonchev–Trinajstić information content (AvgIpc) is 2.31. The van der Waals surface area contributed by atoms with E-state index in [1.165, 1.54) is 0 Å². The van der Waals surface area contributed by atoms with Gasteiger partial charge in [0.05, 0.1) is 16.4 Å². The van der Waals surface area contributed by atoms with Crippen LogP contribution in [-0.2, 0) is 0 Å². The molecule has 0 radical (unpaired) electrons. The van der Waals surface area contributed by atoms with Gasteiger partial charge in [-0.15, -0.1) is 0 Å². The highest BCUT2D eigenvalue weighted by molar-refractivity contribution is 6.34. The maximum atomic E-state index is 10.8. The van der Waals surface area contributed by atoms with Crippen LogP contribution in [0.1, 0.15) is 0 Å². The van der Waals surface area contributed by atoms with Crippen molar-refractivity contribution >= 4 is 28.7 Å². The molecule has 0 bridgehead atoms. The van der Waals surface area contributed by atoms with Crippen molar-refractivity contribution in [1.82, 2.24) is 0 Å².